The van der Waals surface area contributed by atoms with E-state index in [2.05, 4.69) is 43.5 Å². The zero-order chi connectivity index (χ0) is 37.9. The molecule has 0 aliphatic rings. The Morgan fingerprint density at radius 1 is 0.667 bits per heavy atom. The van der Waals surface area contributed by atoms with Crippen LogP contribution in [0.25, 0.3) is 0 Å². The highest BCUT2D eigenvalue weighted by Gasteiger charge is 2.28. The summed E-state index contributed by atoms with van der Waals surface area (Å²) in [5, 5.41) is 13.9. The van der Waals surface area contributed by atoms with Gasteiger partial charge < -0.3 is 19.8 Å². The number of phosphoric acid groups is 1. The van der Waals surface area contributed by atoms with Gasteiger partial charge in [-0.05, 0) is 38.5 Å². The summed E-state index contributed by atoms with van der Waals surface area (Å²) < 4.78 is 23.6. The van der Waals surface area contributed by atoms with Gasteiger partial charge in [0.1, 0.15) is 13.2 Å². The Morgan fingerprint density at radius 2 is 1.10 bits per heavy atom. The van der Waals surface area contributed by atoms with Crippen LogP contribution >= 0.6 is 7.82 Å². The monoisotopic (exact) mass is 744 g/mol. The van der Waals surface area contributed by atoms with Gasteiger partial charge in [0.2, 0.25) is 5.91 Å². The summed E-state index contributed by atoms with van der Waals surface area (Å²) >= 11 is 0. The highest BCUT2D eigenvalue weighted by molar-refractivity contribution is 7.47. The van der Waals surface area contributed by atoms with E-state index < -0.39 is 20.0 Å². The largest absolute Gasteiger partial charge is 0.472 e. The van der Waals surface area contributed by atoms with Gasteiger partial charge in [-0.2, -0.15) is 0 Å². The van der Waals surface area contributed by atoms with E-state index in [1.807, 2.05) is 21.1 Å². The summed E-state index contributed by atoms with van der Waals surface area (Å²) in [7, 11) is 1.61. The maximum atomic E-state index is 12.8. The predicted molar refractivity (Wildman–Crippen MR) is 217 cm³/mol. The normalized spacial score (nSPS) is 14.7. The highest BCUT2D eigenvalue weighted by Crippen LogP contribution is 2.43. The van der Waals surface area contributed by atoms with Gasteiger partial charge in [-0.25, -0.2) is 4.57 Å². The number of aliphatic hydroxyl groups is 1. The van der Waals surface area contributed by atoms with Gasteiger partial charge in [-0.15, -0.1) is 0 Å². The van der Waals surface area contributed by atoms with Gasteiger partial charge in [0.15, 0.2) is 0 Å². The maximum Gasteiger partial charge on any atom is 0.472 e. The first kappa shape index (κ1) is 50.0. The highest BCUT2D eigenvalue weighted by atomic mass is 31.2. The van der Waals surface area contributed by atoms with Crippen molar-refractivity contribution in [2.45, 2.75) is 199 Å². The van der Waals surface area contributed by atoms with Crippen molar-refractivity contribution in [3.8, 4) is 0 Å². The van der Waals surface area contributed by atoms with E-state index in [0.717, 1.165) is 51.4 Å². The molecule has 3 N–H and O–H groups in total. The van der Waals surface area contributed by atoms with Crippen molar-refractivity contribution in [1.82, 2.24) is 5.32 Å². The Bertz CT molecular complexity index is 891. The van der Waals surface area contributed by atoms with Crippen LogP contribution in [0.1, 0.15) is 187 Å². The Balaban J connectivity index is 4.43. The Labute approximate surface area is 315 Å². The average molecular weight is 744 g/mol. The summed E-state index contributed by atoms with van der Waals surface area (Å²) in [6, 6.07) is -0.763. The fraction of sp³-hybridized carbons (Fsp3) is 0.881. The molecule has 0 bridgehead atoms. The minimum absolute atomic E-state index is 0.0726. The number of aliphatic hydroxyl groups excluding tert-OH is 1. The van der Waals surface area contributed by atoms with Gasteiger partial charge in [-0.1, -0.05) is 167 Å². The third-order valence-corrected chi connectivity index (χ3v) is 10.5. The van der Waals surface area contributed by atoms with Crippen molar-refractivity contribution in [3.05, 3.63) is 24.3 Å². The van der Waals surface area contributed by atoms with Crippen molar-refractivity contribution in [3.63, 3.8) is 0 Å². The van der Waals surface area contributed by atoms with Gasteiger partial charge >= 0.3 is 7.82 Å². The van der Waals surface area contributed by atoms with E-state index in [4.69, 9.17) is 9.05 Å². The Kier molecular flexibility index (Phi) is 34.0. The number of rotatable bonds is 38. The molecule has 0 radical (unpaired) electrons. The number of phosphoric ester groups is 1. The zero-order valence-corrected chi connectivity index (χ0v) is 35.0. The standard InChI is InChI=1S/C42H83N2O6P/c1-6-8-10-12-14-16-18-20-22-24-26-28-30-32-34-36-42(46)43-40(39-50-51(47,48)49-38-37-44(3,4)5)41(45)35-33-31-29-27-25-23-21-19-17-15-13-11-9-7-2/h14,16,18,20,40-41,45H,6-13,15,17,19,21-39H2,1-5H3,(H-,43,46,47,48)/p+1/b16-14-,20-18-. The molecule has 1 amide bonds. The Hall–Kier alpha value is -1.02. The van der Waals surface area contributed by atoms with Gasteiger partial charge in [0.05, 0.1) is 39.9 Å². The van der Waals surface area contributed by atoms with Crippen LogP contribution in [0.2, 0.25) is 0 Å². The van der Waals surface area contributed by atoms with Gasteiger partial charge in [0, 0.05) is 6.42 Å². The van der Waals surface area contributed by atoms with Gasteiger partial charge in [0.25, 0.3) is 0 Å². The number of amides is 1. The summed E-state index contributed by atoms with van der Waals surface area (Å²) in [5.41, 5.74) is 0. The lowest BCUT2D eigenvalue weighted by molar-refractivity contribution is -0.870. The molecule has 0 aliphatic heterocycles. The molecule has 0 saturated heterocycles. The van der Waals surface area contributed by atoms with E-state index in [0.29, 0.717) is 23.9 Å². The summed E-state index contributed by atoms with van der Waals surface area (Å²) in [6.07, 6.45) is 39.0. The number of carbonyl (C=O) groups is 1. The average Bonchev–Trinajstić information content (AvgIpc) is 3.07. The smallest absolute Gasteiger partial charge is 0.391 e. The molecule has 0 aromatic carbocycles. The fourth-order valence-electron chi connectivity index (χ4n) is 6.04. The van der Waals surface area contributed by atoms with Crippen LogP contribution < -0.4 is 5.32 Å². The summed E-state index contributed by atoms with van der Waals surface area (Å²) in [6.45, 7) is 4.84. The number of nitrogens with one attached hydrogen (secondary N) is 1. The minimum Gasteiger partial charge on any atom is -0.391 e. The lowest BCUT2D eigenvalue weighted by atomic mass is 10.0. The molecule has 302 valence electrons. The maximum absolute atomic E-state index is 12.8. The van der Waals surface area contributed by atoms with Crippen LogP contribution in [-0.4, -0.2) is 73.4 Å². The van der Waals surface area contributed by atoms with Crippen LogP contribution in [0.3, 0.4) is 0 Å². The second-order valence-corrected chi connectivity index (χ2v) is 17.2. The van der Waals surface area contributed by atoms with Crippen molar-refractivity contribution in [1.29, 1.82) is 0 Å². The van der Waals surface area contributed by atoms with Crippen LogP contribution in [0.4, 0.5) is 0 Å². The zero-order valence-electron chi connectivity index (χ0n) is 34.1. The molecule has 0 fully saturated rings. The Morgan fingerprint density at radius 3 is 1.61 bits per heavy atom. The van der Waals surface area contributed by atoms with Gasteiger partial charge in [-0.3, -0.25) is 13.8 Å². The molecule has 3 atom stereocenters. The van der Waals surface area contributed by atoms with Crippen molar-refractivity contribution in [2.24, 2.45) is 0 Å². The number of carbonyl (C=O) groups excluding carboxylic acids is 1. The minimum atomic E-state index is -4.31. The lowest BCUT2D eigenvalue weighted by Crippen LogP contribution is -2.46. The van der Waals surface area contributed by atoms with E-state index >= 15 is 0 Å². The molecule has 51 heavy (non-hydrogen) atoms. The summed E-state index contributed by atoms with van der Waals surface area (Å²) in [5.74, 6) is -0.157. The first-order valence-corrected chi connectivity index (χ1v) is 22.7. The number of quaternary nitrogens is 1. The third-order valence-electron chi connectivity index (χ3n) is 9.48. The molecular formula is C42H84N2O6P+. The van der Waals surface area contributed by atoms with Crippen LogP contribution in [0.5, 0.6) is 0 Å². The summed E-state index contributed by atoms with van der Waals surface area (Å²) in [4.78, 5) is 23.1. The SMILES string of the molecule is CCCCC/C=C\C=C/CCCCCCCCC(=O)NC(COP(=O)(O)OCC[N+](C)(C)C)C(O)CCCCCCCCCCCCCCCC. The van der Waals surface area contributed by atoms with Crippen LogP contribution in [-0.2, 0) is 18.4 Å². The van der Waals surface area contributed by atoms with Crippen LogP contribution in [0, 0.1) is 0 Å². The third kappa shape index (κ3) is 37.1. The lowest BCUT2D eigenvalue weighted by Gasteiger charge is -2.26. The van der Waals surface area contributed by atoms with Crippen molar-refractivity contribution >= 4 is 13.7 Å². The first-order chi connectivity index (χ1) is 24.5. The molecule has 0 aliphatic carbocycles. The van der Waals surface area contributed by atoms with Crippen LogP contribution in [0.15, 0.2) is 24.3 Å². The molecule has 8 nitrogen and oxygen atoms in total. The molecule has 0 heterocycles. The molecule has 0 spiro atoms. The number of allylic oxidation sites excluding steroid dienone is 4. The molecule has 0 rings (SSSR count). The topological polar surface area (TPSA) is 105 Å². The van der Waals surface area contributed by atoms with Crippen molar-refractivity contribution < 1.29 is 32.9 Å². The molecular weight excluding hydrogens is 659 g/mol. The number of likely N-dealkylation sites (N-methyl/N-ethyl adjacent to an activating group) is 1. The molecule has 0 aromatic rings. The second-order valence-electron chi connectivity index (χ2n) is 15.7. The van der Waals surface area contributed by atoms with E-state index in [1.54, 1.807) is 0 Å². The van der Waals surface area contributed by atoms with E-state index in [-0.39, 0.29) is 19.1 Å². The van der Waals surface area contributed by atoms with Crippen molar-refractivity contribution in [2.75, 3.05) is 40.9 Å². The first-order valence-electron chi connectivity index (χ1n) is 21.2. The predicted octanol–water partition coefficient (Wildman–Crippen LogP) is 11.4. The van der Waals surface area contributed by atoms with E-state index in [1.165, 1.54) is 109 Å². The molecule has 3 unspecified atom stereocenters. The van der Waals surface area contributed by atoms with E-state index in [9.17, 15) is 19.4 Å². The molecule has 0 aromatic heterocycles. The fourth-order valence-corrected chi connectivity index (χ4v) is 6.77. The number of hydrogen-bond acceptors (Lipinski definition) is 5. The number of unbranched alkanes of at least 4 members (excludes halogenated alkanes) is 22. The number of hydrogen-bond donors (Lipinski definition) is 3. The molecule has 9 heteroatoms. The number of nitrogens with zero attached hydrogens (tertiary/aromatic N) is 1. The quantitative estimate of drug-likeness (QED) is 0.0252. The second kappa shape index (κ2) is 34.7. The molecule has 0 saturated carbocycles.